The zero-order valence-electron chi connectivity index (χ0n) is 24.9. The Morgan fingerprint density at radius 1 is 1.05 bits per heavy atom. The summed E-state index contributed by atoms with van der Waals surface area (Å²) in [5, 5.41) is 14.9. The van der Waals surface area contributed by atoms with Crippen LogP contribution >= 0.6 is 24.2 Å². The van der Waals surface area contributed by atoms with Gasteiger partial charge in [-0.3, -0.25) is 14.4 Å². The van der Waals surface area contributed by atoms with Gasteiger partial charge in [-0.1, -0.05) is 74.5 Å². The predicted octanol–water partition coefficient (Wildman–Crippen LogP) is 5.57. The first-order valence-corrected chi connectivity index (χ1v) is 17.1. The molecule has 0 radical (unpaired) electrons. The summed E-state index contributed by atoms with van der Waals surface area (Å²) in [4.78, 5) is 33.3. The number of carbonyl (C=O) groups is 3. The Hall–Kier alpha value is -2.60. The maximum absolute atomic E-state index is 12.6. The third kappa shape index (κ3) is 13.3. The Kier molecular flexibility index (Phi) is 16.1. The number of unbranched alkanes of at least 4 members (excludes halogenated alkanes) is 1. The normalized spacial score (nSPS) is 14.2. The molecule has 238 valence electrons. The summed E-state index contributed by atoms with van der Waals surface area (Å²) in [5.74, 6) is -0.768. The van der Waals surface area contributed by atoms with E-state index in [0.717, 1.165) is 25.3 Å². The minimum atomic E-state index is -4.02. The van der Waals surface area contributed by atoms with Crippen molar-refractivity contribution in [1.29, 1.82) is 0 Å². The maximum Gasteiger partial charge on any atom is 0.303 e. The Balaban J connectivity index is 0.000000821. The molecule has 1 atom stereocenters. The number of hydrogen-bond donors (Lipinski definition) is 5. The number of nitrogens with one attached hydrogen (secondary N) is 3. The first kappa shape index (κ1) is 36.6. The van der Waals surface area contributed by atoms with Gasteiger partial charge in [0.2, 0.25) is 11.8 Å². The summed E-state index contributed by atoms with van der Waals surface area (Å²) in [5.41, 5.74) is 1.85. The van der Waals surface area contributed by atoms with Gasteiger partial charge in [-0.05, 0) is 42.9 Å². The lowest BCUT2D eigenvalue weighted by molar-refractivity contribution is -0.137. The lowest BCUT2D eigenvalue weighted by atomic mass is 9.86. The summed E-state index contributed by atoms with van der Waals surface area (Å²) in [6.07, 6.45) is 8.66. The van der Waals surface area contributed by atoms with Crippen molar-refractivity contribution in [2.75, 3.05) is 13.1 Å². The fraction of sp³-hybridized carbons (Fsp3) is 0.516. The molecule has 0 aromatic heterocycles. The second-order valence-corrected chi connectivity index (χ2v) is 13.4. The molecular weight excluding hydrogens is 610 g/mol. The third-order valence-electron chi connectivity index (χ3n) is 7.08. The van der Waals surface area contributed by atoms with Gasteiger partial charge in [0, 0.05) is 60.8 Å². The summed E-state index contributed by atoms with van der Waals surface area (Å²) < 4.78 is 27.2. The number of thiol groups is 1. The highest BCUT2D eigenvalue weighted by Crippen LogP contribution is 2.33. The highest BCUT2D eigenvalue weighted by Gasteiger charge is 2.22. The predicted molar refractivity (Wildman–Crippen MR) is 174 cm³/mol. The second-order valence-electron chi connectivity index (χ2n) is 10.7. The molecule has 4 N–H and O–H groups in total. The van der Waals surface area contributed by atoms with E-state index >= 15 is 0 Å². The molecule has 0 heterocycles. The van der Waals surface area contributed by atoms with Crippen molar-refractivity contribution < 1.29 is 27.9 Å². The molecule has 3 rings (SSSR count). The van der Waals surface area contributed by atoms with E-state index < -0.39 is 21.9 Å². The standard InChI is InChI=1S/C26H34ClN3O4S2.C5H10O2/c1-18(31)30-36(33,34)25-10-6-5-9-22(25)21-12-11-19(15-23(21)27)16-28-14-13-26(32)29-17-24(35)20-7-3-2-4-8-20;1-2-3-4-5(6)7/h5-6,9-12,15,20,24,28,35H,2-4,7-8,13-14,16-17H2,1H3,(H,29,32)(H,30,31);2-4H2,1H3,(H,6,7)/t24-;/m0./s1. The third-order valence-corrected chi connectivity index (χ3v) is 9.49. The molecule has 9 nitrogen and oxygen atoms in total. The van der Waals surface area contributed by atoms with Crippen molar-refractivity contribution in [2.45, 2.75) is 88.3 Å². The lowest BCUT2D eigenvalue weighted by Crippen LogP contribution is -2.35. The molecule has 1 saturated carbocycles. The van der Waals surface area contributed by atoms with E-state index in [-0.39, 0.29) is 16.1 Å². The SMILES string of the molecule is CC(=O)NS(=O)(=O)c1ccccc1-c1ccc(CNCCC(=O)NC[C@H](S)C2CCCCC2)cc1Cl.CCCCC(=O)O. The summed E-state index contributed by atoms with van der Waals surface area (Å²) >= 11 is 11.2. The highest BCUT2D eigenvalue weighted by molar-refractivity contribution is 7.90. The van der Waals surface area contributed by atoms with Crippen molar-refractivity contribution in [2.24, 2.45) is 5.92 Å². The van der Waals surface area contributed by atoms with Crippen LogP contribution in [0.1, 0.15) is 77.2 Å². The second kappa shape index (κ2) is 18.9. The van der Waals surface area contributed by atoms with E-state index in [1.807, 2.05) is 17.7 Å². The van der Waals surface area contributed by atoms with Gasteiger partial charge >= 0.3 is 5.97 Å². The number of sulfonamides is 1. The molecule has 1 aliphatic carbocycles. The molecule has 43 heavy (non-hydrogen) atoms. The molecule has 2 aromatic rings. The summed E-state index contributed by atoms with van der Waals surface area (Å²) in [7, 11) is -4.02. The molecule has 0 saturated heterocycles. The van der Waals surface area contributed by atoms with E-state index in [1.54, 1.807) is 30.3 Å². The van der Waals surface area contributed by atoms with Crippen molar-refractivity contribution in [3.63, 3.8) is 0 Å². The van der Waals surface area contributed by atoms with Crippen LogP contribution < -0.4 is 15.4 Å². The van der Waals surface area contributed by atoms with Crippen LogP contribution in [0, 0.1) is 5.92 Å². The minimum absolute atomic E-state index is 0.00252. The molecule has 1 fully saturated rings. The monoisotopic (exact) mass is 653 g/mol. The summed E-state index contributed by atoms with van der Waals surface area (Å²) in [6, 6.07) is 11.8. The van der Waals surface area contributed by atoms with E-state index in [0.29, 0.717) is 54.5 Å². The van der Waals surface area contributed by atoms with Crippen molar-refractivity contribution in [1.82, 2.24) is 15.4 Å². The maximum atomic E-state index is 12.6. The Morgan fingerprint density at radius 2 is 1.74 bits per heavy atom. The molecule has 0 aliphatic heterocycles. The van der Waals surface area contributed by atoms with E-state index in [2.05, 4.69) is 10.6 Å². The van der Waals surface area contributed by atoms with Gasteiger partial charge in [-0.25, -0.2) is 13.1 Å². The molecule has 2 amide bonds. The van der Waals surface area contributed by atoms with Gasteiger partial charge in [0.15, 0.2) is 0 Å². The van der Waals surface area contributed by atoms with Crippen LogP contribution in [0.5, 0.6) is 0 Å². The topological polar surface area (TPSA) is 142 Å². The van der Waals surface area contributed by atoms with Crippen LogP contribution in [0.3, 0.4) is 0 Å². The van der Waals surface area contributed by atoms with Gasteiger partial charge < -0.3 is 15.7 Å². The fourth-order valence-corrected chi connectivity index (χ4v) is 6.72. The Bertz CT molecular complexity index is 1320. The van der Waals surface area contributed by atoms with Crippen molar-refractivity contribution >= 4 is 52.0 Å². The van der Waals surface area contributed by atoms with Gasteiger partial charge in [0.05, 0.1) is 4.90 Å². The van der Waals surface area contributed by atoms with Crippen LogP contribution in [-0.2, 0) is 31.0 Å². The van der Waals surface area contributed by atoms with Crippen LogP contribution in [-0.4, -0.2) is 49.6 Å². The Labute approximate surface area is 266 Å². The van der Waals surface area contributed by atoms with Crippen LogP contribution in [0.25, 0.3) is 11.1 Å². The van der Waals surface area contributed by atoms with E-state index in [4.69, 9.17) is 29.3 Å². The van der Waals surface area contributed by atoms with Crippen molar-refractivity contribution in [3.8, 4) is 11.1 Å². The average molecular weight is 654 g/mol. The van der Waals surface area contributed by atoms with Gasteiger partial charge in [0.1, 0.15) is 0 Å². The molecule has 0 bridgehead atoms. The number of aliphatic carboxylic acids is 1. The lowest BCUT2D eigenvalue weighted by Gasteiger charge is -2.27. The molecule has 12 heteroatoms. The summed E-state index contributed by atoms with van der Waals surface area (Å²) in [6.45, 7) is 4.75. The number of benzene rings is 2. The molecule has 2 aromatic carbocycles. The molecular formula is C31H44ClN3O6S2. The smallest absolute Gasteiger partial charge is 0.303 e. The number of halogens is 1. The van der Waals surface area contributed by atoms with E-state index in [9.17, 15) is 22.8 Å². The largest absolute Gasteiger partial charge is 0.481 e. The fourth-order valence-electron chi connectivity index (χ4n) is 4.81. The van der Waals surface area contributed by atoms with Crippen LogP contribution in [0.15, 0.2) is 47.4 Å². The average Bonchev–Trinajstić information content (AvgIpc) is 2.97. The minimum Gasteiger partial charge on any atom is -0.481 e. The number of hydrogen-bond acceptors (Lipinski definition) is 7. The Morgan fingerprint density at radius 3 is 2.35 bits per heavy atom. The van der Waals surface area contributed by atoms with Crippen molar-refractivity contribution in [3.05, 3.63) is 53.1 Å². The van der Waals surface area contributed by atoms with Crippen LogP contribution in [0.4, 0.5) is 0 Å². The number of rotatable bonds is 14. The number of carboxylic acid groups (broad SMARTS) is 1. The zero-order valence-corrected chi connectivity index (χ0v) is 27.4. The first-order valence-electron chi connectivity index (χ1n) is 14.7. The van der Waals surface area contributed by atoms with Gasteiger partial charge in [-0.15, -0.1) is 0 Å². The first-order chi connectivity index (χ1) is 20.4. The number of amides is 2. The molecule has 1 aliphatic rings. The molecule has 0 unspecified atom stereocenters. The highest BCUT2D eigenvalue weighted by atomic mass is 35.5. The molecule has 0 spiro atoms. The van der Waals surface area contributed by atoms with Gasteiger partial charge in [-0.2, -0.15) is 12.6 Å². The zero-order chi connectivity index (χ0) is 31.8. The quantitative estimate of drug-likeness (QED) is 0.133. The van der Waals surface area contributed by atoms with Crippen LogP contribution in [0.2, 0.25) is 5.02 Å². The van der Waals surface area contributed by atoms with E-state index in [1.165, 1.54) is 38.2 Å². The number of carboxylic acids is 1. The number of carbonyl (C=O) groups excluding carboxylic acids is 2. The van der Waals surface area contributed by atoms with Gasteiger partial charge in [0.25, 0.3) is 10.0 Å².